The van der Waals surface area contributed by atoms with Crippen molar-refractivity contribution in [1.82, 2.24) is 0 Å². The van der Waals surface area contributed by atoms with Gasteiger partial charge in [-0.05, 0) is 30.7 Å². The highest BCUT2D eigenvalue weighted by Gasteiger charge is 2.08. The predicted octanol–water partition coefficient (Wildman–Crippen LogP) is 2.81. The zero-order valence-corrected chi connectivity index (χ0v) is 9.10. The first-order chi connectivity index (χ1) is 7.68. The Bertz CT molecular complexity index is 518. The van der Waals surface area contributed by atoms with Gasteiger partial charge in [0.25, 0.3) is 0 Å². The van der Waals surface area contributed by atoms with Gasteiger partial charge in [-0.25, -0.2) is 0 Å². The number of carbonyl (C=O) groups excluding carboxylic acids is 1. The molecule has 0 aliphatic carbocycles. The van der Waals surface area contributed by atoms with E-state index in [4.69, 9.17) is 5.73 Å². The number of anilines is 1. The second kappa shape index (κ2) is 4.19. The summed E-state index contributed by atoms with van der Waals surface area (Å²) in [6, 6.07) is 14.6. The van der Waals surface area contributed by atoms with Gasteiger partial charge in [0.1, 0.15) is 0 Å². The third kappa shape index (κ3) is 1.96. The average molecular weight is 211 g/mol. The molecule has 2 nitrogen and oxygen atoms in total. The minimum Gasteiger partial charge on any atom is -0.399 e. The van der Waals surface area contributed by atoms with E-state index in [9.17, 15) is 4.79 Å². The van der Waals surface area contributed by atoms with Gasteiger partial charge in [0.05, 0.1) is 0 Å². The Morgan fingerprint density at radius 1 is 1.00 bits per heavy atom. The minimum atomic E-state index is 0.0312. The van der Waals surface area contributed by atoms with Crippen LogP contribution in [0.5, 0.6) is 0 Å². The van der Waals surface area contributed by atoms with Crippen molar-refractivity contribution in [2.24, 2.45) is 0 Å². The van der Waals surface area contributed by atoms with E-state index >= 15 is 0 Å². The average Bonchev–Trinajstić information content (AvgIpc) is 2.33. The Labute approximate surface area is 94.7 Å². The fourth-order valence-electron chi connectivity index (χ4n) is 1.57. The summed E-state index contributed by atoms with van der Waals surface area (Å²) in [5.41, 5.74) is 8.74. The standard InChI is InChI=1S/C14H13NO/c1-10-9-12(7-8-13(10)15)14(16)11-5-3-2-4-6-11/h2-9H,15H2,1H3. The first-order valence-electron chi connectivity index (χ1n) is 5.14. The van der Waals surface area contributed by atoms with Gasteiger partial charge in [-0.15, -0.1) is 0 Å². The number of ketones is 1. The summed E-state index contributed by atoms with van der Waals surface area (Å²) in [4.78, 5) is 12.1. The van der Waals surface area contributed by atoms with Crippen LogP contribution in [0.15, 0.2) is 48.5 Å². The summed E-state index contributed by atoms with van der Waals surface area (Å²) in [7, 11) is 0. The quantitative estimate of drug-likeness (QED) is 0.613. The largest absolute Gasteiger partial charge is 0.399 e. The number of benzene rings is 2. The summed E-state index contributed by atoms with van der Waals surface area (Å²) in [6.45, 7) is 1.90. The maximum Gasteiger partial charge on any atom is 0.193 e. The van der Waals surface area contributed by atoms with E-state index in [0.29, 0.717) is 16.8 Å². The molecule has 2 N–H and O–H groups in total. The van der Waals surface area contributed by atoms with Gasteiger partial charge in [0, 0.05) is 16.8 Å². The van der Waals surface area contributed by atoms with Crippen LogP contribution >= 0.6 is 0 Å². The molecule has 0 fully saturated rings. The Hall–Kier alpha value is -2.09. The molecule has 0 spiro atoms. The molecule has 0 radical (unpaired) electrons. The van der Waals surface area contributed by atoms with Crippen LogP contribution in [0.25, 0.3) is 0 Å². The minimum absolute atomic E-state index is 0.0312. The van der Waals surface area contributed by atoms with Gasteiger partial charge in [0.2, 0.25) is 0 Å². The van der Waals surface area contributed by atoms with E-state index < -0.39 is 0 Å². The summed E-state index contributed by atoms with van der Waals surface area (Å²) < 4.78 is 0. The van der Waals surface area contributed by atoms with Crippen molar-refractivity contribution in [1.29, 1.82) is 0 Å². The van der Waals surface area contributed by atoms with Crippen molar-refractivity contribution in [2.45, 2.75) is 6.92 Å². The third-order valence-electron chi connectivity index (χ3n) is 2.57. The zero-order chi connectivity index (χ0) is 11.5. The Morgan fingerprint density at radius 2 is 1.69 bits per heavy atom. The maximum atomic E-state index is 12.1. The number of hydrogen-bond acceptors (Lipinski definition) is 2. The molecular formula is C14H13NO. The van der Waals surface area contributed by atoms with Crippen LogP contribution < -0.4 is 5.73 Å². The molecule has 0 heterocycles. The third-order valence-corrected chi connectivity index (χ3v) is 2.57. The molecule has 0 aliphatic rings. The van der Waals surface area contributed by atoms with Gasteiger partial charge >= 0.3 is 0 Å². The van der Waals surface area contributed by atoms with E-state index in [-0.39, 0.29) is 5.78 Å². The lowest BCUT2D eigenvalue weighted by atomic mass is 10.0. The Morgan fingerprint density at radius 3 is 2.31 bits per heavy atom. The summed E-state index contributed by atoms with van der Waals surface area (Å²) in [5.74, 6) is 0.0312. The highest BCUT2D eigenvalue weighted by atomic mass is 16.1. The number of rotatable bonds is 2. The van der Waals surface area contributed by atoms with Crippen LogP contribution in [-0.2, 0) is 0 Å². The molecule has 2 aromatic rings. The van der Waals surface area contributed by atoms with Crippen molar-refractivity contribution in [3.8, 4) is 0 Å². The number of aryl methyl sites for hydroxylation is 1. The molecule has 0 aliphatic heterocycles. The molecule has 80 valence electrons. The van der Waals surface area contributed by atoms with Crippen LogP contribution in [0.1, 0.15) is 21.5 Å². The molecule has 16 heavy (non-hydrogen) atoms. The fourth-order valence-corrected chi connectivity index (χ4v) is 1.57. The van der Waals surface area contributed by atoms with Gasteiger partial charge in [-0.3, -0.25) is 4.79 Å². The molecule has 0 saturated heterocycles. The van der Waals surface area contributed by atoms with E-state index in [0.717, 1.165) is 5.56 Å². The number of hydrogen-bond donors (Lipinski definition) is 1. The van der Waals surface area contributed by atoms with E-state index in [1.54, 1.807) is 12.1 Å². The second-order valence-corrected chi connectivity index (χ2v) is 3.77. The van der Waals surface area contributed by atoms with Crippen LogP contribution in [0, 0.1) is 6.92 Å². The molecular weight excluding hydrogens is 198 g/mol. The van der Waals surface area contributed by atoms with Crippen LogP contribution in [0.2, 0.25) is 0 Å². The first-order valence-corrected chi connectivity index (χ1v) is 5.14. The zero-order valence-electron chi connectivity index (χ0n) is 9.10. The van der Waals surface area contributed by atoms with Crippen LogP contribution in [0.3, 0.4) is 0 Å². The van der Waals surface area contributed by atoms with Gasteiger partial charge < -0.3 is 5.73 Å². The molecule has 2 heteroatoms. The van der Waals surface area contributed by atoms with Gasteiger partial charge in [0.15, 0.2) is 5.78 Å². The van der Waals surface area contributed by atoms with Crippen LogP contribution in [-0.4, -0.2) is 5.78 Å². The number of nitrogens with two attached hydrogens (primary N) is 1. The highest BCUT2D eigenvalue weighted by Crippen LogP contribution is 2.15. The van der Waals surface area contributed by atoms with Gasteiger partial charge in [-0.1, -0.05) is 30.3 Å². The predicted molar refractivity (Wildman–Crippen MR) is 65.5 cm³/mol. The highest BCUT2D eigenvalue weighted by molar-refractivity contribution is 6.09. The molecule has 2 aromatic carbocycles. The molecule has 0 aromatic heterocycles. The molecule has 0 atom stereocenters. The van der Waals surface area contributed by atoms with E-state index in [2.05, 4.69) is 0 Å². The lowest BCUT2D eigenvalue weighted by Gasteiger charge is -2.04. The SMILES string of the molecule is Cc1cc(C(=O)c2ccccc2)ccc1N. The normalized spacial score (nSPS) is 10.1. The number of nitrogen functional groups attached to an aromatic ring is 1. The molecule has 0 bridgehead atoms. The van der Waals surface area contributed by atoms with Crippen molar-refractivity contribution < 1.29 is 4.79 Å². The summed E-state index contributed by atoms with van der Waals surface area (Å²) in [5, 5.41) is 0. The maximum absolute atomic E-state index is 12.1. The van der Waals surface area contributed by atoms with Crippen molar-refractivity contribution >= 4 is 11.5 Å². The van der Waals surface area contributed by atoms with Crippen molar-refractivity contribution in [3.05, 3.63) is 65.2 Å². The molecule has 0 unspecified atom stereocenters. The van der Waals surface area contributed by atoms with Crippen molar-refractivity contribution in [3.63, 3.8) is 0 Å². The first kappa shape index (κ1) is 10.4. The summed E-state index contributed by atoms with van der Waals surface area (Å²) >= 11 is 0. The smallest absolute Gasteiger partial charge is 0.193 e. The van der Waals surface area contributed by atoms with E-state index in [1.807, 2.05) is 43.3 Å². The Balaban J connectivity index is 2.39. The van der Waals surface area contributed by atoms with Gasteiger partial charge in [-0.2, -0.15) is 0 Å². The molecule has 0 amide bonds. The van der Waals surface area contributed by atoms with Crippen LogP contribution in [0.4, 0.5) is 5.69 Å². The lowest BCUT2D eigenvalue weighted by molar-refractivity contribution is 0.103. The summed E-state index contributed by atoms with van der Waals surface area (Å²) in [6.07, 6.45) is 0. The van der Waals surface area contributed by atoms with Crippen molar-refractivity contribution in [2.75, 3.05) is 5.73 Å². The fraction of sp³-hybridized carbons (Fsp3) is 0.0714. The topological polar surface area (TPSA) is 43.1 Å². The monoisotopic (exact) mass is 211 g/mol. The molecule has 0 saturated carbocycles. The Kier molecular flexibility index (Phi) is 2.73. The molecule has 2 rings (SSSR count). The number of carbonyl (C=O) groups is 1. The second-order valence-electron chi connectivity index (χ2n) is 3.77. The lowest BCUT2D eigenvalue weighted by Crippen LogP contribution is -2.02. The van der Waals surface area contributed by atoms with E-state index in [1.165, 1.54) is 0 Å².